The fraction of sp³-hybridized carbons (Fsp3) is 0.0952. The molecule has 0 saturated heterocycles. The topological polar surface area (TPSA) is 131 Å². The maximum atomic E-state index is 12.2. The van der Waals surface area contributed by atoms with E-state index in [1.54, 1.807) is 50.3 Å². The number of benzene rings is 2. The molecule has 0 spiro atoms. The Balaban J connectivity index is 0.00000320. The van der Waals surface area contributed by atoms with Crippen LogP contribution < -0.4 is 6.15 Å². The lowest BCUT2D eigenvalue weighted by Gasteiger charge is -2.20. The molecule has 0 aliphatic heterocycles. The Bertz CT molecular complexity index is 1200. The molecule has 2 aromatic carbocycles. The number of carbonyl (C=O) groups is 1. The van der Waals surface area contributed by atoms with Crippen molar-refractivity contribution in [3.63, 3.8) is 0 Å². The molecular weight excluding hydrogens is 538 g/mol. The van der Waals surface area contributed by atoms with Gasteiger partial charge in [0.25, 0.3) is 0 Å². The van der Waals surface area contributed by atoms with Gasteiger partial charge in [0.05, 0.1) is 13.9 Å². The lowest BCUT2D eigenvalue weighted by atomic mass is 9.88. The highest BCUT2D eigenvalue weighted by Crippen LogP contribution is 2.39. The Morgan fingerprint density at radius 1 is 1.07 bits per heavy atom. The van der Waals surface area contributed by atoms with E-state index in [-0.39, 0.29) is 28.1 Å². The maximum Gasteiger partial charge on any atom is 0.195 e. The standard InChI is InChI=1S/C21H16Br2O5S.H3N/c1-11-7-13(9-16(22)20(11)24)19(14-8-12(2)21(25)17(23)10-14)15-5-3-4-6-18(15)29(26,27)28;/h3-10,24H,1-2H3,(H,26,27,28);1H3. The number of phenolic OH excluding ortho intramolecular Hbond substituents is 1. The molecule has 0 unspecified atom stereocenters. The molecule has 6 nitrogen and oxygen atoms in total. The first-order chi connectivity index (χ1) is 13.5. The second-order valence-electron chi connectivity index (χ2n) is 6.55. The molecule has 3 rings (SSSR count). The molecule has 0 fully saturated rings. The maximum absolute atomic E-state index is 12.2. The van der Waals surface area contributed by atoms with Crippen LogP contribution in [0.4, 0.5) is 0 Å². The number of hydrogen-bond donors (Lipinski definition) is 2. The Labute approximate surface area is 191 Å². The molecular formula is C21H19Br2NO5S. The highest BCUT2D eigenvalue weighted by molar-refractivity contribution is 9.12. The summed E-state index contributed by atoms with van der Waals surface area (Å²) in [5.41, 5.74) is 2.82. The van der Waals surface area contributed by atoms with Gasteiger partial charge >= 0.3 is 0 Å². The average Bonchev–Trinajstić information content (AvgIpc) is 2.64. The molecule has 0 radical (unpaired) electrons. The zero-order valence-corrected chi connectivity index (χ0v) is 20.4. The molecule has 9 heteroatoms. The van der Waals surface area contributed by atoms with Crippen LogP contribution in [0.3, 0.4) is 0 Å². The van der Waals surface area contributed by atoms with Gasteiger partial charge in [-0.05, 0) is 104 Å². The quantitative estimate of drug-likeness (QED) is 0.492. The van der Waals surface area contributed by atoms with Crippen LogP contribution in [0, 0.1) is 6.92 Å². The molecule has 0 atom stereocenters. The van der Waals surface area contributed by atoms with Gasteiger partial charge < -0.3 is 15.8 Å². The number of quaternary nitrogens is 1. The summed E-state index contributed by atoms with van der Waals surface area (Å²) < 4.78 is 36.5. The van der Waals surface area contributed by atoms with Gasteiger partial charge in [0, 0.05) is 5.56 Å². The minimum absolute atomic E-state index is 0. The van der Waals surface area contributed by atoms with Crippen LogP contribution in [0.15, 0.2) is 73.5 Å². The number of rotatable bonds is 3. The lowest BCUT2D eigenvalue weighted by molar-refractivity contribution is -0.111. The molecule has 158 valence electrons. The number of hydrogen-bond acceptors (Lipinski definition) is 5. The Morgan fingerprint density at radius 3 is 2.27 bits per heavy atom. The second kappa shape index (κ2) is 8.99. The average molecular weight is 557 g/mol. The van der Waals surface area contributed by atoms with Gasteiger partial charge in [-0.2, -0.15) is 0 Å². The van der Waals surface area contributed by atoms with Crippen LogP contribution in [0.5, 0.6) is 5.75 Å². The van der Waals surface area contributed by atoms with Crippen molar-refractivity contribution >= 4 is 53.3 Å². The molecule has 30 heavy (non-hydrogen) atoms. The van der Waals surface area contributed by atoms with E-state index in [4.69, 9.17) is 0 Å². The number of halogens is 2. The van der Waals surface area contributed by atoms with Crippen LogP contribution in [-0.2, 0) is 14.9 Å². The van der Waals surface area contributed by atoms with E-state index in [1.807, 2.05) is 0 Å². The van der Waals surface area contributed by atoms with Crippen LogP contribution in [0.1, 0.15) is 23.6 Å². The minimum atomic E-state index is -4.76. The van der Waals surface area contributed by atoms with E-state index >= 15 is 0 Å². The summed E-state index contributed by atoms with van der Waals surface area (Å²) in [5.74, 6) is -0.119. The predicted molar refractivity (Wildman–Crippen MR) is 123 cm³/mol. The van der Waals surface area contributed by atoms with Gasteiger partial charge in [-0.1, -0.05) is 18.2 Å². The molecule has 0 aromatic heterocycles. The molecule has 1 aliphatic rings. The highest BCUT2D eigenvalue weighted by atomic mass is 79.9. The summed E-state index contributed by atoms with van der Waals surface area (Å²) in [6.45, 7) is 3.36. The predicted octanol–water partition coefficient (Wildman–Crippen LogP) is 5.35. The molecule has 5 N–H and O–H groups in total. The minimum Gasteiger partial charge on any atom is -0.744 e. The normalized spacial score (nSPS) is 15.8. The first-order valence-electron chi connectivity index (χ1n) is 8.40. The zero-order valence-electron chi connectivity index (χ0n) is 16.4. The molecule has 0 heterocycles. The van der Waals surface area contributed by atoms with Crippen LogP contribution in [-0.4, -0.2) is 23.9 Å². The molecule has 0 saturated carbocycles. The van der Waals surface area contributed by atoms with Crippen molar-refractivity contribution in [2.24, 2.45) is 0 Å². The number of allylic oxidation sites excluding steroid dienone is 5. The van der Waals surface area contributed by atoms with Gasteiger partial charge in [-0.15, -0.1) is 0 Å². The summed E-state index contributed by atoms with van der Waals surface area (Å²) in [4.78, 5) is 11.8. The fourth-order valence-corrected chi connectivity index (χ4v) is 4.93. The Kier molecular flexibility index (Phi) is 7.26. The molecule has 1 aliphatic carbocycles. The summed E-state index contributed by atoms with van der Waals surface area (Å²) >= 11 is 6.56. The third-order valence-corrected chi connectivity index (χ3v) is 6.57. The first-order valence-corrected chi connectivity index (χ1v) is 11.4. The number of aromatic hydroxyl groups is 1. The van der Waals surface area contributed by atoms with Gasteiger partial charge in [-0.25, -0.2) is 8.42 Å². The summed E-state index contributed by atoms with van der Waals surface area (Å²) in [6.07, 6.45) is 3.24. The Hall–Kier alpha value is -2.04. The zero-order chi connectivity index (χ0) is 21.5. The number of aryl methyl sites for hydroxylation is 1. The molecule has 0 bridgehead atoms. The summed E-state index contributed by atoms with van der Waals surface area (Å²) in [6, 6.07) is 9.24. The van der Waals surface area contributed by atoms with Crippen molar-refractivity contribution in [1.82, 2.24) is 6.15 Å². The smallest absolute Gasteiger partial charge is 0.195 e. The van der Waals surface area contributed by atoms with Gasteiger partial charge in [-0.3, -0.25) is 4.79 Å². The van der Waals surface area contributed by atoms with Crippen LogP contribution in [0.25, 0.3) is 5.57 Å². The van der Waals surface area contributed by atoms with E-state index in [0.717, 1.165) is 0 Å². The fourth-order valence-electron chi connectivity index (χ4n) is 3.12. The number of carbonyl (C=O) groups excluding carboxylic acids is 1. The van der Waals surface area contributed by atoms with Crippen molar-refractivity contribution in [2.75, 3.05) is 0 Å². The first kappa shape index (κ1) is 24.2. The third-order valence-electron chi connectivity index (χ3n) is 4.49. The number of Topliss-reactive ketones (excluding diaryl/α,β-unsaturated/α-hetero) is 1. The monoisotopic (exact) mass is 555 g/mol. The highest BCUT2D eigenvalue weighted by Gasteiger charge is 2.22. The van der Waals surface area contributed by atoms with E-state index in [1.165, 1.54) is 12.1 Å². The van der Waals surface area contributed by atoms with Crippen molar-refractivity contribution in [2.45, 2.75) is 18.7 Å². The SMILES string of the molecule is CC1=CC(=C(c2cc(C)c(O)c(Br)c2)c2ccccc2S(=O)(=O)[O-])C=C(Br)C1=O.[NH4+]. The van der Waals surface area contributed by atoms with Crippen molar-refractivity contribution in [3.8, 4) is 5.75 Å². The largest absolute Gasteiger partial charge is 0.744 e. The van der Waals surface area contributed by atoms with Gasteiger partial charge in [0.15, 0.2) is 5.78 Å². The summed E-state index contributed by atoms with van der Waals surface area (Å²) in [5, 5.41) is 10.1. The molecule has 0 amide bonds. The van der Waals surface area contributed by atoms with Gasteiger partial charge in [0.2, 0.25) is 0 Å². The van der Waals surface area contributed by atoms with E-state index < -0.39 is 10.1 Å². The Morgan fingerprint density at radius 2 is 1.70 bits per heavy atom. The number of phenols is 1. The van der Waals surface area contributed by atoms with Crippen molar-refractivity contribution < 1.29 is 22.9 Å². The van der Waals surface area contributed by atoms with E-state index in [9.17, 15) is 22.9 Å². The second-order valence-corrected chi connectivity index (χ2v) is 9.61. The number of ketones is 1. The van der Waals surface area contributed by atoms with E-state index in [0.29, 0.717) is 36.8 Å². The van der Waals surface area contributed by atoms with Gasteiger partial charge in [0.1, 0.15) is 15.9 Å². The summed E-state index contributed by atoms with van der Waals surface area (Å²) in [7, 11) is -4.76. The van der Waals surface area contributed by atoms with Crippen LogP contribution in [0.2, 0.25) is 0 Å². The van der Waals surface area contributed by atoms with E-state index in [2.05, 4.69) is 31.9 Å². The lowest BCUT2D eigenvalue weighted by Crippen LogP contribution is -2.08. The molecule has 2 aromatic rings. The van der Waals surface area contributed by atoms with Crippen molar-refractivity contribution in [1.29, 1.82) is 0 Å². The third kappa shape index (κ3) is 4.65. The van der Waals surface area contributed by atoms with Crippen molar-refractivity contribution in [3.05, 3.63) is 85.3 Å². The van der Waals surface area contributed by atoms with Crippen LogP contribution >= 0.6 is 31.9 Å².